The number of pyridine rings is 1. The molecule has 4 rings (SSSR count). The van der Waals surface area contributed by atoms with Crippen LogP contribution in [0, 0.1) is 12.7 Å². The molecule has 1 atom stereocenters. The van der Waals surface area contributed by atoms with Crippen LogP contribution in [0.15, 0.2) is 42.9 Å². The molecule has 1 aromatic carbocycles. The van der Waals surface area contributed by atoms with Crippen molar-refractivity contribution in [3.63, 3.8) is 0 Å². The molecule has 5 nitrogen and oxygen atoms in total. The molecule has 0 radical (unpaired) electrons. The average Bonchev–Trinajstić information content (AvgIpc) is 2.87. The predicted octanol–water partition coefficient (Wildman–Crippen LogP) is 3.89. The predicted molar refractivity (Wildman–Crippen MR) is 113 cm³/mol. The SMILES string of the molecule is C=C1N(c2c(C)cccc2F)Cc2cnc(N)cc2N1[C@H]1CCCN(C)CC1. The molecular weight excluding hydrogens is 353 g/mol. The van der Waals surface area contributed by atoms with E-state index in [4.69, 9.17) is 5.73 Å². The number of benzene rings is 1. The van der Waals surface area contributed by atoms with E-state index in [2.05, 4.69) is 28.4 Å². The zero-order chi connectivity index (χ0) is 19.8. The number of nitrogen functional groups attached to an aromatic ring is 1. The minimum absolute atomic E-state index is 0.228. The second kappa shape index (κ2) is 7.43. The maximum absolute atomic E-state index is 14.8. The molecule has 2 aromatic rings. The van der Waals surface area contributed by atoms with E-state index >= 15 is 0 Å². The third kappa shape index (κ3) is 3.33. The molecule has 0 spiro atoms. The van der Waals surface area contributed by atoms with Gasteiger partial charge in [0.1, 0.15) is 17.5 Å². The first kappa shape index (κ1) is 18.7. The van der Waals surface area contributed by atoms with Crippen molar-refractivity contribution < 1.29 is 4.39 Å². The minimum Gasteiger partial charge on any atom is -0.384 e. The van der Waals surface area contributed by atoms with E-state index in [1.54, 1.807) is 6.07 Å². The summed E-state index contributed by atoms with van der Waals surface area (Å²) in [7, 11) is 2.16. The number of hydrogen-bond acceptors (Lipinski definition) is 5. The first-order valence-electron chi connectivity index (χ1n) is 9.89. The van der Waals surface area contributed by atoms with E-state index in [1.807, 2.05) is 30.2 Å². The molecule has 148 valence electrons. The Morgan fingerprint density at radius 2 is 2.07 bits per heavy atom. The summed E-state index contributed by atoms with van der Waals surface area (Å²) in [5.74, 6) is 1.08. The van der Waals surface area contributed by atoms with Gasteiger partial charge in [-0.25, -0.2) is 9.37 Å². The van der Waals surface area contributed by atoms with E-state index in [0.29, 0.717) is 24.1 Å². The van der Waals surface area contributed by atoms with E-state index in [0.717, 1.165) is 55.0 Å². The first-order valence-corrected chi connectivity index (χ1v) is 9.89. The Morgan fingerprint density at radius 3 is 2.86 bits per heavy atom. The molecule has 0 unspecified atom stereocenters. The molecule has 28 heavy (non-hydrogen) atoms. The maximum atomic E-state index is 14.8. The van der Waals surface area contributed by atoms with Gasteiger partial charge in [0.25, 0.3) is 0 Å². The normalized spacial score (nSPS) is 20.8. The van der Waals surface area contributed by atoms with Gasteiger partial charge in [0.15, 0.2) is 0 Å². The zero-order valence-corrected chi connectivity index (χ0v) is 16.7. The number of rotatable bonds is 2. The standard InChI is InChI=1S/C22H28FN5/c1-15-6-4-8-19(23)22(15)27-14-17-13-25-21(24)12-20(17)28(16(27)2)18-7-5-10-26(3)11-9-18/h4,6,8,12-13,18H,2,5,7,9-11,14H2,1,3H3,(H2,24,25)/t18-/m0/s1. The molecule has 0 bridgehead atoms. The van der Waals surface area contributed by atoms with Crippen LogP contribution in [0.2, 0.25) is 0 Å². The largest absolute Gasteiger partial charge is 0.384 e. The Morgan fingerprint density at radius 1 is 1.25 bits per heavy atom. The number of anilines is 3. The van der Waals surface area contributed by atoms with E-state index < -0.39 is 0 Å². The molecule has 1 fully saturated rings. The van der Waals surface area contributed by atoms with Gasteiger partial charge in [0.2, 0.25) is 0 Å². The fourth-order valence-corrected chi connectivity index (χ4v) is 4.43. The van der Waals surface area contributed by atoms with E-state index in [1.165, 1.54) is 6.07 Å². The number of para-hydroxylation sites is 1. The lowest BCUT2D eigenvalue weighted by molar-refractivity contribution is 0.347. The van der Waals surface area contributed by atoms with E-state index in [9.17, 15) is 4.39 Å². The van der Waals surface area contributed by atoms with Crippen LogP contribution in [0.5, 0.6) is 0 Å². The Bertz CT molecular complexity index is 876. The zero-order valence-electron chi connectivity index (χ0n) is 16.7. The van der Waals surface area contributed by atoms with Crippen LogP contribution in [0.25, 0.3) is 0 Å². The molecule has 2 N–H and O–H groups in total. The number of nitrogens with zero attached hydrogens (tertiary/aromatic N) is 4. The number of aromatic nitrogens is 1. The summed E-state index contributed by atoms with van der Waals surface area (Å²) in [6.45, 7) is 9.00. The molecule has 0 amide bonds. The number of hydrogen-bond donors (Lipinski definition) is 1. The highest BCUT2D eigenvalue weighted by Gasteiger charge is 2.34. The summed E-state index contributed by atoms with van der Waals surface area (Å²) in [6.07, 6.45) is 5.03. The summed E-state index contributed by atoms with van der Waals surface area (Å²) >= 11 is 0. The van der Waals surface area contributed by atoms with Crippen molar-refractivity contribution in [3.05, 3.63) is 59.8 Å². The highest BCUT2D eigenvalue weighted by Crippen LogP contribution is 2.40. The van der Waals surface area contributed by atoms with Crippen molar-refractivity contribution in [2.45, 2.75) is 38.8 Å². The molecule has 0 saturated carbocycles. The summed E-state index contributed by atoms with van der Waals surface area (Å²) in [6, 6.07) is 7.43. The van der Waals surface area contributed by atoms with Crippen molar-refractivity contribution in [3.8, 4) is 0 Å². The number of halogens is 1. The van der Waals surface area contributed by atoms with Crippen LogP contribution < -0.4 is 15.5 Å². The molecule has 2 aliphatic rings. The van der Waals surface area contributed by atoms with Gasteiger partial charge >= 0.3 is 0 Å². The van der Waals surface area contributed by atoms with Gasteiger partial charge in [-0.05, 0) is 58.0 Å². The van der Waals surface area contributed by atoms with Crippen LogP contribution in [-0.4, -0.2) is 36.1 Å². The number of likely N-dealkylation sites (tertiary alicyclic amines) is 1. The van der Waals surface area contributed by atoms with Crippen molar-refractivity contribution in [2.75, 3.05) is 35.7 Å². The second-order valence-corrected chi connectivity index (χ2v) is 7.90. The van der Waals surface area contributed by atoms with Gasteiger partial charge < -0.3 is 20.4 Å². The highest BCUT2D eigenvalue weighted by molar-refractivity contribution is 5.71. The lowest BCUT2D eigenvalue weighted by Gasteiger charge is -2.45. The highest BCUT2D eigenvalue weighted by atomic mass is 19.1. The minimum atomic E-state index is -0.228. The number of nitrogens with two attached hydrogens (primary N) is 1. The van der Waals surface area contributed by atoms with Crippen molar-refractivity contribution in [2.24, 2.45) is 0 Å². The van der Waals surface area contributed by atoms with Gasteiger partial charge in [0, 0.05) is 23.9 Å². The lowest BCUT2D eigenvalue weighted by Crippen LogP contribution is -2.46. The lowest BCUT2D eigenvalue weighted by atomic mass is 10.0. The average molecular weight is 381 g/mol. The smallest absolute Gasteiger partial charge is 0.147 e. The number of aryl methyl sites for hydroxylation is 1. The number of fused-ring (bicyclic) bond motifs is 1. The van der Waals surface area contributed by atoms with Crippen LogP contribution in [0.1, 0.15) is 30.4 Å². The van der Waals surface area contributed by atoms with Crippen LogP contribution >= 0.6 is 0 Å². The Kier molecular flexibility index (Phi) is 4.98. The monoisotopic (exact) mass is 381 g/mol. The van der Waals surface area contributed by atoms with Crippen molar-refractivity contribution in [1.29, 1.82) is 0 Å². The summed E-state index contributed by atoms with van der Waals surface area (Å²) in [4.78, 5) is 10.9. The second-order valence-electron chi connectivity index (χ2n) is 7.90. The topological polar surface area (TPSA) is 48.6 Å². The maximum Gasteiger partial charge on any atom is 0.147 e. The third-order valence-electron chi connectivity index (χ3n) is 5.91. The Balaban J connectivity index is 1.79. The molecule has 3 heterocycles. The molecule has 2 aliphatic heterocycles. The molecule has 1 saturated heterocycles. The quantitative estimate of drug-likeness (QED) is 0.855. The Hall–Kier alpha value is -2.60. The van der Waals surface area contributed by atoms with Crippen LogP contribution in [0.3, 0.4) is 0 Å². The van der Waals surface area contributed by atoms with Gasteiger partial charge in [0.05, 0.1) is 17.9 Å². The van der Waals surface area contributed by atoms with Gasteiger partial charge in [-0.3, -0.25) is 0 Å². The third-order valence-corrected chi connectivity index (χ3v) is 5.91. The van der Waals surface area contributed by atoms with Crippen LogP contribution in [-0.2, 0) is 6.54 Å². The molecule has 1 aromatic heterocycles. The van der Waals surface area contributed by atoms with Crippen LogP contribution in [0.4, 0.5) is 21.6 Å². The molecule has 0 aliphatic carbocycles. The summed E-state index contributed by atoms with van der Waals surface area (Å²) in [5.41, 5.74) is 9.60. The van der Waals surface area contributed by atoms with Gasteiger partial charge in [-0.15, -0.1) is 0 Å². The summed E-state index contributed by atoms with van der Waals surface area (Å²) < 4.78 is 14.8. The van der Waals surface area contributed by atoms with Gasteiger partial charge in [-0.2, -0.15) is 0 Å². The molecule has 6 heteroatoms. The fourth-order valence-electron chi connectivity index (χ4n) is 4.43. The summed E-state index contributed by atoms with van der Waals surface area (Å²) in [5, 5.41) is 0. The Labute approximate surface area is 166 Å². The van der Waals surface area contributed by atoms with Crippen molar-refractivity contribution in [1.82, 2.24) is 9.88 Å². The van der Waals surface area contributed by atoms with E-state index in [-0.39, 0.29) is 5.82 Å². The first-order chi connectivity index (χ1) is 13.5. The van der Waals surface area contributed by atoms with Gasteiger partial charge in [-0.1, -0.05) is 18.7 Å². The fraction of sp³-hybridized carbons (Fsp3) is 0.409. The van der Waals surface area contributed by atoms with Crippen molar-refractivity contribution >= 4 is 17.2 Å². The molecular formula is C22H28FN5.